The van der Waals surface area contributed by atoms with Crippen LogP contribution in [-0.4, -0.2) is 51.7 Å². The highest BCUT2D eigenvalue weighted by Crippen LogP contribution is 2.38. The highest BCUT2D eigenvalue weighted by Gasteiger charge is 2.20. The summed E-state index contributed by atoms with van der Waals surface area (Å²) >= 11 is 8.04. The Morgan fingerprint density at radius 3 is 2.55 bits per heavy atom. The molecule has 0 spiro atoms. The molecule has 10 nitrogen and oxygen atoms in total. The van der Waals surface area contributed by atoms with Crippen LogP contribution < -0.4 is 20.3 Å². The summed E-state index contributed by atoms with van der Waals surface area (Å²) in [5.74, 6) is 1.23. The third-order valence-electron chi connectivity index (χ3n) is 5.82. The predicted molar refractivity (Wildman–Crippen MR) is 157 cm³/mol. The van der Waals surface area contributed by atoms with Gasteiger partial charge in [0.15, 0.2) is 5.16 Å². The topological polar surface area (TPSA) is 117 Å². The van der Waals surface area contributed by atoms with Crippen LogP contribution in [0.25, 0.3) is 22.2 Å². The van der Waals surface area contributed by atoms with Crippen molar-refractivity contribution in [2.45, 2.75) is 44.5 Å². The molecule has 0 fully saturated rings. The van der Waals surface area contributed by atoms with Gasteiger partial charge in [0.2, 0.25) is 0 Å². The minimum absolute atomic E-state index is 0.281. The van der Waals surface area contributed by atoms with Crippen molar-refractivity contribution < 1.29 is 19.0 Å². The molecule has 1 aromatic carbocycles. The highest BCUT2D eigenvalue weighted by molar-refractivity contribution is 7.98. The van der Waals surface area contributed by atoms with Gasteiger partial charge in [-0.3, -0.25) is 14.7 Å². The van der Waals surface area contributed by atoms with Crippen LogP contribution in [0, 0.1) is 0 Å². The summed E-state index contributed by atoms with van der Waals surface area (Å²) in [6, 6.07) is 8.65. The van der Waals surface area contributed by atoms with E-state index in [-0.39, 0.29) is 5.56 Å². The van der Waals surface area contributed by atoms with Gasteiger partial charge in [-0.1, -0.05) is 23.4 Å². The number of thioether (sulfide) groups is 1. The summed E-state index contributed by atoms with van der Waals surface area (Å²) in [4.78, 5) is 39.4. The second-order valence-electron chi connectivity index (χ2n) is 9.77. The molecule has 0 unspecified atom stereocenters. The average Bonchev–Trinajstić information content (AvgIpc) is 2.91. The molecule has 0 bridgehead atoms. The van der Waals surface area contributed by atoms with Gasteiger partial charge in [-0.2, -0.15) is 0 Å². The summed E-state index contributed by atoms with van der Waals surface area (Å²) in [6.07, 6.45) is 5.01. The second-order valence-corrected chi connectivity index (χ2v) is 10.9. The Kier molecular flexibility index (Phi) is 8.85. The molecule has 0 aliphatic carbocycles. The lowest BCUT2D eigenvalue weighted by atomic mass is 10.0. The lowest BCUT2D eigenvalue weighted by molar-refractivity contribution is 0.0635. The first-order valence-corrected chi connectivity index (χ1v) is 13.9. The number of carbonyl (C=O) groups excluding carboxylic acids is 1. The van der Waals surface area contributed by atoms with Gasteiger partial charge in [0.1, 0.15) is 28.6 Å². The number of rotatable bonds is 8. The van der Waals surface area contributed by atoms with E-state index in [0.717, 1.165) is 5.56 Å². The van der Waals surface area contributed by atoms with Crippen molar-refractivity contribution in [2.24, 2.45) is 0 Å². The number of amides is 1. The standard InChI is InChI=1S/C28H30ClN5O5S/c1-28(2,3)39-27(36)32-22-11-16(7-9-30-22)8-10-34-24-17(15-31-26(33-24)40-6)12-20(25(34)35)19-13-18(37-4)14-21(38-5)23(19)29/h7,9,11-15H,8,10H2,1-6H3,(H,30,32,36). The van der Waals surface area contributed by atoms with Crippen molar-refractivity contribution in [3.05, 3.63) is 63.7 Å². The summed E-state index contributed by atoms with van der Waals surface area (Å²) in [5.41, 5.74) is 1.27. The highest BCUT2D eigenvalue weighted by atomic mass is 35.5. The Morgan fingerprint density at radius 1 is 1.10 bits per heavy atom. The Balaban J connectivity index is 1.75. The number of anilines is 1. The molecule has 4 rings (SSSR count). The van der Waals surface area contributed by atoms with Crippen LogP contribution >= 0.6 is 23.4 Å². The van der Waals surface area contributed by atoms with E-state index in [9.17, 15) is 9.59 Å². The monoisotopic (exact) mass is 583 g/mol. The summed E-state index contributed by atoms with van der Waals surface area (Å²) in [7, 11) is 3.03. The van der Waals surface area contributed by atoms with Gasteiger partial charge in [-0.15, -0.1) is 0 Å². The average molecular weight is 584 g/mol. The Labute approximate surface area is 241 Å². The number of nitrogens with one attached hydrogen (secondary N) is 1. The van der Waals surface area contributed by atoms with E-state index in [2.05, 4.69) is 20.3 Å². The van der Waals surface area contributed by atoms with Gasteiger partial charge in [-0.25, -0.2) is 19.7 Å². The zero-order chi connectivity index (χ0) is 29.0. The quantitative estimate of drug-likeness (QED) is 0.202. The summed E-state index contributed by atoms with van der Waals surface area (Å²) in [6.45, 7) is 5.65. The molecule has 0 saturated carbocycles. The van der Waals surface area contributed by atoms with Gasteiger partial charge in [0.25, 0.3) is 5.56 Å². The van der Waals surface area contributed by atoms with Crippen molar-refractivity contribution in [2.75, 3.05) is 25.8 Å². The molecule has 0 radical (unpaired) electrons. The Hall–Kier alpha value is -3.83. The molecule has 1 amide bonds. The first-order valence-electron chi connectivity index (χ1n) is 12.3. The lowest BCUT2D eigenvalue weighted by Gasteiger charge is -2.19. The van der Waals surface area contributed by atoms with E-state index in [4.69, 9.17) is 25.8 Å². The van der Waals surface area contributed by atoms with E-state index < -0.39 is 11.7 Å². The van der Waals surface area contributed by atoms with Crippen LogP contribution in [0.15, 0.2) is 52.7 Å². The van der Waals surface area contributed by atoms with Crippen molar-refractivity contribution in [3.8, 4) is 22.6 Å². The number of hydrogen-bond acceptors (Lipinski definition) is 9. The van der Waals surface area contributed by atoms with Gasteiger partial charge >= 0.3 is 6.09 Å². The molecular weight excluding hydrogens is 554 g/mol. The number of benzene rings is 1. The van der Waals surface area contributed by atoms with Gasteiger partial charge in [0.05, 0.1) is 19.2 Å². The number of aromatic nitrogens is 4. The van der Waals surface area contributed by atoms with Gasteiger partial charge in [0, 0.05) is 41.5 Å². The van der Waals surface area contributed by atoms with Crippen LogP contribution in [0.2, 0.25) is 5.02 Å². The summed E-state index contributed by atoms with van der Waals surface area (Å²) < 4.78 is 17.7. The maximum Gasteiger partial charge on any atom is 0.413 e. The maximum atomic E-state index is 14.0. The lowest BCUT2D eigenvalue weighted by Crippen LogP contribution is -2.27. The number of halogens is 1. The SMILES string of the molecule is COc1cc(OC)c(Cl)c(-c2cc3cnc(SC)nc3n(CCc3ccnc(NC(=O)OC(C)(C)C)c3)c2=O)c1. The Bertz CT molecular complexity index is 1620. The van der Waals surface area contributed by atoms with Crippen LogP contribution in [0.3, 0.4) is 0 Å². The van der Waals surface area contributed by atoms with E-state index in [1.54, 1.807) is 62.0 Å². The number of carbonyl (C=O) groups is 1. The van der Waals surface area contributed by atoms with E-state index in [1.165, 1.54) is 26.0 Å². The third-order valence-corrected chi connectivity index (χ3v) is 6.78. The van der Waals surface area contributed by atoms with Crippen molar-refractivity contribution >= 4 is 46.3 Å². The zero-order valence-electron chi connectivity index (χ0n) is 23.1. The molecule has 40 heavy (non-hydrogen) atoms. The van der Waals surface area contributed by atoms with Crippen molar-refractivity contribution in [3.63, 3.8) is 0 Å². The third kappa shape index (κ3) is 6.65. The normalized spacial score (nSPS) is 11.4. The molecule has 0 saturated heterocycles. The fourth-order valence-corrected chi connectivity index (χ4v) is 4.65. The molecule has 0 aliphatic heterocycles. The first-order chi connectivity index (χ1) is 19.0. The van der Waals surface area contributed by atoms with Gasteiger partial charge in [-0.05, 0) is 63.3 Å². The number of methoxy groups -OCH3 is 2. The molecular formula is C28H30ClN5O5S. The van der Waals surface area contributed by atoms with Crippen molar-refractivity contribution in [1.82, 2.24) is 19.5 Å². The number of hydrogen-bond donors (Lipinski definition) is 1. The maximum absolute atomic E-state index is 14.0. The molecule has 12 heteroatoms. The smallest absolute Gasteiger partial charge is 0.413 e. The summed E-state index contributed by atoms with van der Waals surface area (Å²) in [5, 5.41) is 4.16. The largest absolute Gasteiger partial charge is 0.497 e. The fraction of sp³-hybridized carbons (Fsp3) is 0.321. The molecule has 0 aliphatic rings. The number of fused-ring (bicyclic) bond motifs is 1. The second kappa shape index (κ2) is 12.1. The molecule has 0 atom stereocenters. The van der Waals surface area contributed by atoms with Crippen LogP contribution in [0.4, 0.5) is 10.6 Å². The number of ether oxygens (including phenoxy) is 3. The number of aryl methyl sites for hydroxylation is 2. The number of nitrogens with zero attached hydrogens (tertiary/aromatic N) is 4. The minimum Gasteiger partial charge on any atom is -0.497 e. The van der Waals surface area contributed by atoms with Crippen LogP contribution in [0.5, 0.6) is 11.5 Å². The first kappa shape index (κ1) is 29.2. The van der Waals surface area contributed by atoms with E-state index >= 15 is 0 Å². The van der Waals surface area contributed by atoms with E-state index in [0.29, 0.717) is 62.6 Å². The van der Waals surface area contributed by atoms with Crippen LogP contribution in [0.1, 0.15) is 26.3 Å². The number of pyridine rings is 2. The Morgan fingerprint density at radius 2 is 1.88 bits per heavy atom. The van der Waals surface area contributed by atoms with Crippen LogP contribution in [-0.2, 0) is 17.7 Å². The molecule has 3 heterocycles. The minimum atomic E-state index is -0.637. The molecule has 210 valence electrons. The molecule has 4 aromatic rings. The fourth-order valence-electron chi connectivity index (χ4n) is 4.02. The zero-order valence-corrected chi connectivity index (χ0v) is 24.6. The van der Waals surface area contributed by atoms with Crippen molar-refractivity contribution in [1.29, 1.82) is 0 Å². The van der Waals surface area contributed by atoms with E-state index in [1.807, 2.05) is 12.3 Å². The molecule has 1 N–H and O–H groups in total. The van der Waals surface area contributed by atoms with Gasteiger partial charge < -0.3 is 14.2 Å². The molecule has 3 aromatic heterocycles. The predicted octanol–water partition coefficient (Wildman–Crippen LogP) is 5.84.